The highest BCUT2D eigenvalue weighted by Gasteiger charge is 2.20. The molecular formula is C17H30N2O. The molecule has 1 aliphatic carbocycles. The maximum absolute atomic E-state index is 5.87. The molecule has 114 valence electrons. The Hall–Kier alpha value is -0.800. The highest BCUT2D eigenvalue weighted by Crippen LogP contribution is 2.27. The van der Waals surface area contributed by atoms with Crippen molar-refractivity contribution in [2.45, 2.75) is 65.6 Å². The molecule has 3 heteroatoms. The van der Waals surface area contributed by atoms with Crippen molar-refractivity contribution in [3.05, 3.63) is 23.2 Å². The maximum atomic E-state index is 5.87. The first kappa shape index (κ1) is 15.6. The summed E-state index contributed by atoms with van der Waals surface area (Å²) in [4.78, 5) is 2.43. The van der Waals surface area contributed by atoms with Gasteiger partial charge in [0, 0.05) is 24.2 Å². The van der Waals surface area contributed by atoms with Crippen molar-refractivity contribution in [1.82, 2.24) is 10.2 Å². The SMILES string of the molecule is Cc1oc(CNC(C)(C)C)cc1CN(C)CC1CCC1. The van der Waals surface area contributed by atoms with Gasteiger partial charge in [0.05, 0.1) is 6.54 Å². The molecule has 1 aromatic rings. The van der Waals surface area contributed by atoms with E-state index < -0.39 is 0 Å². The van der Waals surface area contributed by atoms with Gasteiger partial charge >= 0.3 is 0 Å². The largest absolute Gasteiger partial charge is 0.465 e. The number of rotatable bonds is 6. The van der Waals surface area contributed by atoms with Gasteiger partial charge in [-0.15, -0.1) is 0 Å². The van der Waals surface area contributed by atoms with Crippen molar-refractivity contribution in [3.8, 4) is 0 Å². The zero-order valence-corrected chi connectivity index (χ0v) is 13.8. The van der Waals surface area contributed by atoms with Crippen LogP contribution in [0, 0.1) is 12.8 Å². The van der Waals surface area contributed by atoms with E-state index >= 15 is 0 Å². The van der Waals surface area contributed by atoms with E-state index in [0.717, 1.165) is 30.5 Å². The third-order valence-electron chi connectivity index (χ3n) is 4.10. The second-order valence-electron chi connectivity index (χ2n) is 7.39. The van der Waals surface area contributed by atoms with Gasteiger partial charge in [-0.1, -0.05) is 6.42 Å². The van der Waals surface area contributed by atoms with Crippen LogP contribution in [0.5, 0.6) is 0 Å². The minimum absolute atomic E-state index is 0.127. The monoisotopic (exact) mass is 278 g/mol. The molecule has 1 heterocycles. The van der Waals surface area contributed by atoms with Gasteiger partial charge in [0.25, 0.3) is 0 Å². The summed E-state index contributed by atoms with van der Waals surface area (Å²) in [6.45, 7) is 11.6. The van der Waals surface area contributed by atoms with E-state index in [1.807, 2.05) is 0 Å². The van der Waals surface area contributed by atoms with Crippen LogP contribution in [0.4, 0.5) is 0 Å². The van der Waals surface area contributed by atoms with Crippen LogP contribution < -0.4 is 5.32 Å². The number of nitrogens with one attached hydrogen (secondary N) is 1. The van der Waals surface area contributed by atoms with Gasteiger partial charge < -0.3 is 14.6 Å². The molecular weight excluding hydrogens is 248 g/mol. The van der Waals surface area contributed by atoms with E-state index in [0.29, 0.717) is 0 Å². The Kier molecular flexibility index (Phi) is 4.92. The lowest BCUT2D eigenvalue weighted by molar-refractivity contribution is 0.200. The van der Waals surface area contributed by atoms with Crippen LogP contribution in [-0.2, 0) is 13.1 Å². The molecule has 1 aliphatic rings. The molecule has 1 aromatic heterocycles. The minimum atomic E-state index is 0.127. The number of aryl methyl sites for hydroxylation is 1. The third kappa shape index (κ3) is 4.64. The van der Waals surface area contributed by atoms with Gasteiger partial charge in [0.2, 0.25) is 0 Å². The lowest BCUT2D eigenvalue weighted by atomic mass is 9.85. The first-order valence-corrected chi connectivity index (χ1v) is 7.85. The maximum Gasteiger partial charge on any atom is 0.118 e. The number of hydrogen-bond donors (Lipinski definition) is 1. The van der Waals surface area contributed by atoms with Gasteiger partial charge in [-0.2, -0.15) is 0 Å². The van der Waals surface area contributed by atoms with Gasteiger partial charge in [0.1, 0.15) is 11.5 Å². The Bertz CT molecular complexity index is 427. The van der Waals surface area contributed by atoms with E-state index in [1.54, 1.807) is 0 Å². The third-order valence-corrected chi connectivity index (χ3v) is 4.10. The van der Waals surface area contributed by atoms with Crippen molar-refractivity contribution in [3.63, 3.8) is 0 Å². The lowest BCUT2D eigenvalue weighted by Crippen LogP contribution is -2.34. The van der Waals surface area contributed by atoms with Gasteiger partial charge in [-0.05, 0) is 59.6 Å². The van der Waals surface area contributed by atoms with Crippen LogP contribution >= 0.6 is 0 Å². The molecule has 0 aliphatic heterocycles. The fourth-order valence-corrected chi connectivity index (χ4v) is 2.66. The van der Waals surface area contributed by atoms with Gasteiger partial charge in [-0.25, -0.2) is 0 Å². The predicted molar refractivity (Wildman–Crippen MR) is 83.7 cm³/mol. The first-order chi connectivity index (χ1) is 9.33. The summed E-state index contributed by atoms with van der Waals surface area (Å²) in [6.07, 6.45) is 4.25. The second-order valence-corrected chi connectivity index (χ2v) is 7.39. The number of furan rings is 1. The van der Waals surface area contributed by atoms with Gasteiger partial charge in [0.15, 0.2) is 0 Å². The summed E-state index contributed by atoms with van der Waals surface area (Å²) >= 11 is 0. The highest BCUT2D eigenvalue weighted by molar-refractivity contribution is 5.20. The molecule has 1 N–H and O–H groups in total. The quantitative estimate of drug-likeness (QED) is 0.860. The van der Waals surface area contributed by atoms with Crippen LogP contribution in [0.15, 0.2) is 10.5 Å². The van der Waals surface area contributed by atoms with Crippen molar-refractivity contribution in [1.29, 1.82) is 0 Å². The molecule has 0 atom stereocenters. The molecule has 0 amide bonds. The fraction of sp³-hybridized carbons (Fsp3) is 0.765. The fourth-order valence-electron chi connectivity index (χ4n) is 2.66. The second kappa shape index (κ2) is 6.31. The summed E-state index contributed by atoms with van der Waals surface area (Å²) in [5.41, 5.74) is 1.46. The zero-order chi connectivity index (χ0) is 14.8. The van der Waals surface area contributed by atoms with E-state index in [9.17, 15) is 0 Å². The molecule has 0 bridgehead atoms. The normalized spacial score (nSPS) is 16.7. The molecule has 3 nitrogen and oxygen atoms in total. The molecule has 0 unspecified atom stereocenters. The zero-order valence-electron chi connectivity index (χ0n) is 13.8. The minimum Gasteiger partial charge on any atom is -0.465 e. The standard InChI is InChI=1S/C17H30N2O/c1-13-15(12-19(5)11-14-7-6-8-14)9-16(20-13)10-18-17(2,3)4/h9,14,18H,6-8,10-12H2,1-5H3. The molecule has 0 aromatic carbocycles. The van der Waals surface area contributed by atoms with Crippen molar-refractivity contribution in [2.75, 3.05) is 13.6 Å². The lowest BCUT2D eigenvalue weighted by Gasteiger charge is -2.30. The van der Waals surface area contributed by atoms with Crippen LogP contribution in [0.1, 0.15) is 57.1 Å². The van der Waals surface area contributed by atoms with E-state index in [-0.39, 0.29) is 5.54 Å². The molecule has 0 radical (unpaired) electrons. The van der Waals surface area contributed by atoms with Crippen LogP contribution in [0.2, 0.25) is 0 Å². The van der Waals surface area contributed by atoms with Crippen LogP contribution in [0.3, 0.4) is 0 Å². The Morgan fingerprint density at radius 3 is 2.60 bits per heavy atom. The Balaban J connectivity index is 1.86. The highest BCUT2D eigenvalue weighted by atomic mass is 16.3. The van der Waals surface area contributed by atoms with Crippen molar-refractivity contribution >= 4 is 0 Å². The van der Waals surface area contributed by atoms with Crippen LogP contribution in [-0.4, -0.2) is 24.0 Å². The van der Waals surface area contributed by atoms with Crippen LogP contribution in [0.25, 0.3) is 0 Å². The summed E-state index contributed by atoms with van der Waals surface area (Å²) in [7, 11) is 2.22. The summed E-state index contributed by atoms with van der Waals surface area (Å²) in [5.74, 6) is 3.04. The molecule has 1 saturated carbocycles. The summed E-state index contributed by atoms with van der Waals surface area (Å²) < 4.78 is 5.87. The Morgan fingerprint density at radius 2 is 2.05 bits per heavy atom. The Morgan fingerprint density at radius 1 is 1.35 bits per heavy atom. The Labute approximate surface area is 123 Å². The number of nitrogens with zero attached hydrogens (tertiary/aromatic N) is 1. The van der Waals surface area contributed by atoms with Crippen molar-refractivity contribution in [2.24, 2.45) is 5.92 Å². The molecule has 1 fully saturated rings. The summed E-state index contributed by atoms with van der Waals surface area (Å²) in [5, 5.41) is 3.48. The smallest absolute Gasteiger partial charge is 0.118 e. The van der Waals surface area contributed by atoms with Crippen molar-refractivity contribution < 1.29 is 4.42 Å². The van der Waals surface area contributed by atoms with E-state index in [2.05, 4.69) is 51.0 Å². The number of hydrogen-bond acceptors (Lipinski definition) is 3. The molecule has 20 heavy (non-hydrogen) atoms. The topological polar surface area (TPSA) is 28.4 Å². The van der Waals surface area contributed by atoms with E-state index in [1.165, 1.54) is 31.4 Å². The summed E-state index contributed by atoms with van der Waals surface area (Å²) in [6, 6.07) is 2.21. The molecule has 2 rings (SSSR count). The van der Waals surface area contributed by atoms with Gasteiger partial charge in [-0.3, -0.25) is 0 Å². The molecule has 0 saturated heterocycles. The van der Waals surface area contributed by atoms with E-state index in [4.69, 9.17) is 4.42 Å². The first-order valence-electron chi connectivity index (χ1n) is 7.85. The average molecular weight is 278 g/mol. The molecule has 0 spiro atoms. The predicted octanol–water partition coefficient (Wildman–Crippen LogP) is 3.71. The average Bonchev–Trinajstić information content (AvgIpc) is 2.61.